The van der Waals surface area contributed by atoms with Crippen molar-refractivity contribution < 1.29 is 14.3 Å². The number of nitrogens with zero attached hydrogens (tertiary/aromatic N) is 4. The molecular formula is C24H23N5O4. The number of rotatable bonds is 6. The zero-order valence-electron chi connectivity index (χ0n) is 18.2. The van der Waals surface area contributed by atoms with Crippen LogP contribution < -0.4 is 20.5 Å². The van der Waals surface area contributed by atoms with Crippen LogP contribution in [-0.2, 0) is 9.53 Å². The van der Waals surface area contributed by atoms with Gasteiger partial charge in [0.15, 0.2) is 0 Å². The second kappa shape index (κ2) is 9.97. The van der Waals surface area contributed by atoms with Crippen LogP contribution in [0.1, 0.15) is 12.5 Å². The van der Waals surface area contributed by atoms with Gasteiger partial charge in [0.1, 0.15) is 28.9 Å². The van der Waals surface area contributed by atoms with Gasteiger partial charge < -0.3 is 19.7 Å². The standard InChI is InChI=1S/C24H23N5O4/c1-2-33-19-8-6-18(7-9-19)26-23(30)17(16-25)15-20-22(28-11-13-32-14-12-28)27-21-5-3-4-10-29(21)24(20)31/h3-10,15H,2,11-14H2,1H3,(H,26,30)/b17-15+. The molecule has 1 aliphatic heterocycles. The van der Waals surface area contributed by atoms with Crippen molar-refractivity contribution in [2.45, 2.75) is 6.92 Å². The number of nitriles is 1. The van der Waals surface area contributed by atoms with Crippen molar-refractivity contribution in [3.63, 3.8) is 0 Å². The lowest BCUT2D eigenvalue weighted by atomic mass is 10.1. The third kappa shape index (κ3) is 4.86. The van der Waals surface area contributed by atoms with Crippen LogP contribution in [0, 0.1) is 11.3 Å². The van der Waals surface area contributed by atoms with Crippen molar-refractivity contribution in [2.24, 2.45) is 0 Å². The normalized spacial score (nSPS) is 14.1. The summed E-state index contributed by atoms with van der Waals surface area (Å²) in [5.74, 6) is 0.486. The van der Waals surface area contributed by atoms with E-state index in [0.29, 0.717) is 55.8 Å². The van der Waals surface area contributed by atoms with Gasteiger partial charge in [-0.25, -0.2) is 4.98 Å². The molecule has 0 bridgehead atoms. The number of hydrogen-bond donors (Lipinski definition) is 1. The summed E-state index contributed by atoms with van der Waals surface area (Å²) >= 11 is 0. The fraction of sp³-hybridized carbons (Fsp3) is 0.250. The van der Waals surface area contributed by atoms with Crippen LogP contribution in [0.3, 0.4) is 0 Å². The Balaban J connectivity index is 1.71. The molecule has 33 heavy (non-hydrogen) atoms. The Morgan fingerprint density at radius 1 is 1.24 bits per heavy atom. The molecule has 1 amide bonds. The molecule has 1 aliphatic rings. The van der Waals surface area contributed by atoms with E-state index in [0.717, 1.165) is 0 Å². The van der Waals surface area contributed by atoms with Gasteiger partial charge in [0.05, 0.1) is 25.4 Å². The van der Waals surface area contributed by atoms with Gasteiger partial charge in [-0.15, -0.1) is 0 Å². The molecule has 168 valence electrons. The first-order valence-electron chi connectivity index (χ1n) is 10.6. The summed E-state index contributed by atoms with van der Waals surface area (Å²) in [6, 6.07) is 14.0. The highest BCUT2D eigenvalue weighted by molar-refractivity contribution is 6.10. The van der Waals surface area contributed by atoms with E-state index in [1.807, 2.05) is 17.9 Å². The second-order valence-electron chi connectivity index (χ2n) is 7.26. The van der Waals surface area contributed by atoms with Crippen LogP contribution in [0.25, 0.3) is 11.7 Å². The molecule has 2 aromatic heterocycles. The minimum atomic E-state index is -0.618. The number of carbonyl (C=O) groups excluding carboxylic acids is 1. The number of anilines is 2. The van der Waals surface area contributed by atoms with Crippen molar-refractivity contribution in [3.05, 3.63) is 70.2 Å². The molecular weight excluding hydrogens is 422 g/mol. The molecule has 0 saturated carbocycles. The van der Waals surface area contributed by atoms with Gasteiger partial charge in [-0.05, 0) is 49.4 Å². The molecule has 0 unspecified atom stereocenters. The minimum absolute atomic E-state index is 0.180. The van der Waals surface area contributed by atoms with E-state index >= 15 is 0 Å². The van der Waals surface area contributed by atoms with Crippen LogP contribution in [0.5, 0.6) is 5.75 Å². The third-order valence-electron chi connectivity index (χ3n) is 5.14. The van der Waals surface area contributed by atoms with Crippen LogP contribution in [0.4, 0.5) is 11.5 Å². The highest BCUT2D eigenvalue weighted by Gasteiger charge is 2.21. The first kappa shape index (κ1) is 22.0. The predicted molar refractivity (Wildman–Crippen MR) is 124 cm³/mol. The lowest BCUT2D eigenvalue weighted by Gasteiger charge is -2.29. The average molecular weight is 445 g/mol. The fourth-order valence-corrected chi connectivity index (χ4v) is 3.53. The molecule has 3 heterocycles. The number of carbonyl (C=O) groups is 1. The van der Waals surface area contributed by atoms with E-state index < -0.39 is 5.91 Å². The summed E-state index contributed by atoms with van der Waals surface area (Å²) in [6.07, 6.45) is 2.92. The Labute approximate surface area is 190 Å². The first-order valence-corrected chi connectivity index (χ1v) is 10.6. The number of pyridine rings is 1. The molecule has 0 aliphatic carbocycles. The van der Waals surface area contributed by atoms with E-state index in [1.54, 1.807) is 48.7 Å². The predicted octanol–water partition coefficient (Wildman–Crippen LogP) is 2.48. The van der Waals surface area contributed by atoms with Crippen LogP contribution in [0.2, 0.25) is 0 Å². The second-order valence-corrected chi connectivity index (χ2v) is 7.26. The summed E-state index contributed by atoms with van der Waals surface area (Å²) in [7, 11) is 0. The molecule has 9 nitrogen and oxygen atoms in total. The summed E-state index contributed by atoms with van der Waals surface area (Å²) in [5.41, 5.74) is 0.612. The molecule has 1 aromatic carbocycles. The molecule has 0 radical (unpaired) electrons. The monoisotopic (exact) mass is 445 g/mol. The lowest BCUT2D eigenvalue weighted by Crippen LogP contribution is -2.38. The summed E-state index contributed by atoms with van der Waals surface area (Å²) in [6.45, 7) is 4.53. The molecule has 4 rings (SSSR count). The number of fused-ring (bicyclic) bond motifs is 1. The maximum absolute atomic E-state index is 13.3. The number of ether oxygens (including phenoxy) is 2. The Morgan fingerprint density at radius 3 is 2.70 bits per heavy atom. The van der Waals surface area contributed by atoms with Crippen molar-refractivity contribution in [3.8, 4) is 11.8 Å². The minimum Gasteiger partial charge on any atom is -0.494 e. The zero-order chi connectivity index (χ0) is 23.2. The zero-order valence-corrected chi connectivity index (χ0v) is 18.2. The third-order valence-corrected chi connectivity index (χ3v) is 5.14. The van der Waals surface area contributed by atoms with Gasteiger partial charge in [0.2, 0.25) is 0 Å². The van der Waals surface area contributed by atoms with Crippen molar-refractivity contribution in [2.75, 3.05) is 43.1 Å². The van der Waals surface area contributed by atoms with Gasteiger partial charge in [-0.1, -0.05) is 6.07 Å². The number of amides is 1. The number of morpholine rings is 1. The van der Waals surface area contributed by atoms with Gasteiger partial charge in [0.25, 0.3) is 11.5 Å². The highest BCUT2D eigenvalue weighted by Crippen LogP contribution is 2.21. The van der Waals surface area contributed by atoms with Crippen molar-refractivity contribution in [1.82, 2.24) is 9.38 Å². The molecule has 1 saturated heterocycles. The molecule has 1 fully saturated rings. The van der Waals surface area contributed by atoms with Gasteiger partial charge >= 0.3 is 0 Å². The topological polar surface area (TPSA) is 109 Å². The quantitative estimate of drug-likeness (QED) is 0.459. The average Bonchev–Trinajstić information content (AvgIpc) is 2.85. The Morgan fingerprint density at radius 2 is 2.00 bits per heavy atom. The van der Waals surface area contributed by atoms with Crippen LogP contribution >= 0.6 is 0 Å². The van der Waals surface area contributed by atoms with Crippen LogP contribution in [0.15, 0.2) is 59.0 Å². The first-order chi connectivity index (χ1) is 16.1. The van der Waals surface area contributed by atoms with E-state index in [1.165, 1.54) is 10.5 Å². The Hall–Kier alpha value is -4.16. The number of aromatic nitrogens is 2. The smallest absolute Gasteiger partial charge is 0.267 e. The summed E-state index contributed by atoms with van der Waals surface area (Å²) in [4.78, 5) is 32.7. The summed E-state index contributed by atoms with van der Waals surface area (Å²) in [5, 5.41) is 12.4. The van der Waals surface area contributed by atoms with Gasteiger partial charge in [-0.2, -0.15) is 5.26 Å². The van der Waals surface area contributed by atoms with E-state index in [4.69, 9.17) is 9.47 Å². The summed E-state index contributed by atoms with van der Waals surface area (Å²) < 4.78 is 12.2. The molecule has 3 aromatic rings. The van der Waals surface area contributed by atoms with Gasteiger partial charge in [-0.3, -0.25) is 14.0 Å². The van der Waals surface area contributed by atoms with Crippen molar-refractivity contribution >= 4 is 29.1 Å². The molecule has 0 atom stereocenters. The fourth-order valence-electron chi connectivity index (χ4n) is 3.53. The van der Waals surface area contributed by atoms with Crippen molar-refractivity contribution in [1.29, 1.82) is 5.26 Å². The van der Waals surface area contributed by atoms with E-state index in [2.05, 4.69) is 10.3 Å². The Kier molecular flexibility index (Phi) is 6.66. The Bertz CT molecular complexity index is 1280. The number of nitrogens with one attached hydrogen (secondary N) is 1. The highest BCUT2D eigenvalue weighted by atomic mass is 16.5. The molecule has 0 spiro atoms. The maximum Gasteiger partial charge on any atom is 0.267 e. The lowest BCUT2D eigenvalue weighted by molar-refractivity contribution is -0.112. The van der Waals surface area contributed by atoms with Crippen LogP contribution in [-0.4, -0.2) is 48.2 Å². The largest absolute Gasteiger partial charge is 0.494 e. The molecule has 1 N–H and O–H groups in total. The van der Waals surface area contributed by atoms with E-state index in [-0.39, 0.29) is 16.7 Å². The van der Waals surface area contributed by atoms with Gasteiger partial charge in [0, 0.05) is 25.0 Å². The SMILES string of the molecule is CCOc1ccc(NC(=O)/C(C#N)=C/c2c(N3CCOCC3)nc3ccccn3c2=O)cc1. The maximum atomic E-state index is 13.3. The van der Waals surface area contributed by atoms with E-state index in [9.17, 15) is 14.9 Å². The molecule has 9 heteroatoms. The number of benzene rings is 1. The number of hydrogen-bond acceptors (Lipinski definition) is 7.